The molecule has 0 saturated carbocycles. The highest BCUT2D eigenvalue weighted by molar-refractivity contribution is 6.30. The summed E-state index contributed by atoms with van der Waals surface area (Å²) in [6.45, 7) is 0.395. The highest BCUT2D eigenvalue weighted by atomic mass is 35.5. The van der Waals surface area contributed by atoms with Crippen LogP contribution in [0.15, 0.2) is 120 Å². The monoisotopic (exact) mass is 632 g/mol. The summed E-state index contributed by atoms with van der Waals surface area (Å²) in [5, 5.41) is 17.4. The van der Waals surface area contributed by atoms with Crippen LogP contribution in [0.3, 0.4) is 0 Å². The van der Waals surface area contributed by atoms with Gasteiger partial charge in [-0.05, 0) is 57.6 Å². The second kappa shape index (κ2) is 12.8. The van der Waals surface area contributed by atoms with E-state index < -0.39 is 11.6 Å². The molecule has 0 radical (unpaired) electrons. The number of hydrogen-bond donors (Lipinski definition) is 2. The predicted octanol–water partition coefficient (Wildman–Crippen LogP) is 5.88. The van der Waals surface area contributed by atoms with Crippen LogP contribution in [0.4, 0.5) is 0 Å². The van der Waals surface area contributed by atoms with E-state index >= 15 is 0 Å². The molecular weight excluding hydrogens is 600 g/mol. The Bertz CT molecular complexity index is 2090. The maximum atomic E-state index is 12.9. The summed E-state index contributed by atoms with van der Waals surface area (Å²) < 4.78 is 8.42. The quantitative estimate of drug-likeness (QED) is 0.193. The first-order chi connectivity index (χ1) is 22.2. The van der Waals surface area contributed by atoms with Crippen molar-refractivity contribution in [3.63, 3.8) is 0 Å². The van der Waals surface area contributed by atoms with Crippen LogP contribution >= 0.6 is 11.6 Å². The van der Waals surface area contributed by atoms with Gasteiger partial charge in [-0.1, -0.05) is 84.4 Å². The second-order valence-corrected chi connectivity index (χ2v) is 11.7. The first kappa shape index (κ1) is 31.0. The fourth-order valence-electron chi connectivity index (χ4n) is 5.93. The number of aryl methyl sites for hydroxylation is 2. The number of halogens is 1. The smallest absolute Gasteiger partial charge is 0.327 e. The van der Waals surface area contributed by atoms with Crippen molar-refractivity contribution in [2.24, 2.45) is 14.1 Å². The van der Waals surface area contributed by atoms with Crippen molar-refractivity contribution in [3.8, 4) is 11.1 Å². The number of benzene rings is 4. The summed E-state index contributed by atoms with van der Waals surface area (Å²) in [5.41, 5.74) is 4.02. The summed E-state index contributed by atoms with van der Waals surface area (Å²) in [5.74, 6) is -0.376. The molecule has 0 spiro atoms. The molecule has 0 saturated heterocycles. The molecule has 232 valence electrons. The lowest BCUT2D eigenvalue weighted by Gasteiger charge is -2.30. The first-order valence-corrected chi connectivity index (χ1v) is 15.1. The van der Waals surface area contributed by atoms with Gasteiger partial charge in [0.15, 0.2) is 5.60 Å². The molecule has 0 bridgehead atoms. The molecule has 2 unspecified atom stereocenters. The number of methoxy groups -OCH3 is 1. The third-order valence-corrected chi connectivity index (χ3v) is 8.67. The minimum absolute atomic E-state index is 0.150. The average Bonchev–Trinajstić information content (AvgIpc) is 3.52. The highest BCUT2D eigenvalue weighted by Crippen LogP contribution is 2.39. The fourth-order valence-corrected chi connectivity index (χ4v) is 6.12. The van der Waals surface area contributed by atoms with E-state index in [9.17, 15) is 14.7 Å². The fraction of sp³-hybridized carbons (Fsp3) is 0.162. The van der Waals surface area contributed by atoms with E-state index in [4.69, 9.17) is 16.3 Å². The number of fused-ring (bicyclic) bond motifs is 1. The van der Waals surface area contributed by atoms with E-state index in [-0.39, 0.29) is 11.5 Å². The van der Waals surface area contributed by atoms with Gasteiger partial charge in [0.25, 0.3) is 5.56 Å². The molecule has 0 fully saturated rings. The number of ether oxygens (including phenoxy) is 1. The zero-order valence-corrected chi connectivity index (χ0v) is 26.4. The van der Waals surface area contributed by atoms with E-state index in [2.05, 4.69) is 10.3 Å². The van der Waals surface area contributed by atoms with Gasteiger partial charge in [-0.2, -0.15) is 0 Å². The molecule has 0 aliphatic carbocycles. The van der Waals surface area contributed by atoms with Crippen LogP contribution in [0, 0.1) is 0 Å². The van der Waals surface area contributed by atoms with Crippen molar-refractivity contribution in [2.45, 2.75) is 18.2 Å². The molecule has 9 heteroatoms. The van der Waals surface area contributed by atoms with Crippen LogP contribution in [-0.2, 0) is 35.8 Å². The Hall–Kier alpha value is -5.02. The Morgan fingerprint density at radius 2 is 1.70 bits per heavy atom. The summed E-state index contributed by atoms with van der Waals surface area (Å²) >= 11 is 6.33. The van der Waals surface area contributed by atoms with Crippen molar-refractivity contribution < 1.29 is 14.6 Å². The number of aliphatic hydroxyl groups is 1. The lowest BCUT2D eigenvalue weighted by atomic mass is 9.82. The number of rotatable bonds is 9. The zero-order valence-electron chi connectivity index (χ0n) is 25.6. The molecule has 46 heavy (non-hydrogen) atoms. The maximum absolute atomic E-state index is 12.9. The van der Waals surface area contributed by atoms with Gasteiger partial charge in [-0.15, -0.1) is 0 Å². The number of pyridine rings is 1. The Kier molecular flexibility index (Phi) is 8.60. The largest absolute Gasteiger partial charge is 0.468 e. The number of carbonyl (C=O) groups is 1. The van der Waals surface area contributed by atoms with Gasteiger partial charge in [-0.25, -0.2) is 9.78 Å². The molecule has 0 aliphatic heterocycles. The SMILES string of the molecule is COC(=O)C(NCc1ccc(C(O)(c2ccc3c(c2)c(-c2cccc(Cl)c2)cc(=O)n3C)c2cncn2C)cc1)c1ccccc1. The Morgan fingerprint density at radius 1 is 0.957 bits per heavy atom. The molecule has 8 nitrogen and oxygen atoms in total. The summed E-state index contributed by atoms with van der Waals surface area (Å²) in [4.78, 5) is 29.8. The Morgan fingerprint density at radius 3 is 2.37 bits per heavy atom. The number of esters is 1. The number of nitrogens with one attached hydrogen (secondary N) is 1. The predicted molar refractivity (Wildman–Crippen MR) is 179 cm³/mol. The number of nitrogens with zero attached hydrogens (tertiary/aromatic N) is 3. The van der Waals surface area contributed by atoms with Crippen LogP contribution < -0.4 is 10.9 Å². The van der Waals surface area contributed by atoms with Crippen LogP contribution in [0.25, 0.3) is 22.0 Å². The summed E-state index contributed by atoms with van der Waals surface area (Å²) in [6, 6.07) is 31.0. The minimum Gasteiger partial charge on any atom is -0.468 e. The minimum atomic E-state index is -1.59. The number of aromatic nitrogens is 3. The molecule has 0 amide bonds. The highest BCUT2D eigenvalue weighted by Gasteiger charge is 2.37. The van der Waals surface area contributed by atoms with Gasteiger partial charge in [0.1, 0.15) is 6.04 Å². The van der Waals surface area contributed by atoms with E-state index in [0.717, 1.165) is 33.2 Å². The van der Waals surface area contributed by atoms with E-state index in [1.54, 1.807) is 40.8 Å². The van der Waals surface area contributed by atoms with Crippen molar-refractivity contribution >= 4 is 28.5 Å². The molecule has 4 aromatic carbocycles. The second-order valence-electron chi connectivity index (χ2n) is 11.2. The topological polar surface area (TPSA) is 98.4 Å². The molecule has 2 aromatic heterocycles. The van der Waals surface area contributed by atoms with E-state index in [0.29, 0.717) is 28.4 Å². The van der Waals surface area contributed by atoms with Gasteiger partial charge >= 0.3 is 5.97 Å². The van der Waals surface area contributed by atoms with Crippen LogP contribution in [-0.4, -0.2) is 32.3 Å². The normalized spacial score (nSPS) is 13.3. The molecular formula is C37H33ClN4O4. The van der Waals surface area contributed by atoms with Gasteiger partial charge in [0.2, 0.25) is 0 Å². The van der Waals surface area contributed by atoms with Crippen LogP contribution in [0.5, 0.6) is 0 Å². The van der Waals surface area contributed by atoms with Gasteiger partial charge in [0, 0.05) is 37.1 Å². The van der Waals surface area contributed by atoms with Crippen molar-refractivity contribution in [2.75, 3.05) is 7.11 Å². The van der Waals surface area contributed by atoms with E-state index in [1.165, 1.54) is 7.11 Å². The summed E-state index contributed by atoms with van der Waals surface area (Å²) in [7, 11) is 4.94. The van der Waals surface area contributed by atoms with E-state index in [1.807, 2.05) is 98.0 Å². The van der Waals surface area contributed by atoms with Crippen molar-refractivity contribution in [1.82, 2.24) is 19.4 Å². The van der Waals surface area contributed by atoms with Crippen LogP contribution in [0.1, 0.15) is 34.0 Å². The van der Waals surface area contributed by atoms with Gasteiger partial charge in [0.05, 0.1) is 30.8 Å². The first-order valence-electron chi connectivity index (χ1n) is 14.8. The molecule has 0 aliphatic rings. The van der Waals surface area contributed by atoms with Gasteiger partial charge in [-0.3, -0.25) is 10.1 Å². The Labute approximate surface area is 271 Å². The van der Waals surface area contributed by atoms with Crippen molar-refractivity contribution in [3.05, 3.63) is 159 Å². The molecule has 2 atom stereocenters. The lowest BCUT2D eigenvalue weighted by Crippen LogP contribution is -2.31. The lowest BCUT2D eigenvalue weighted by molar-refractivity contribution is -0.143. The standard InChI is InChI=1S/C37H33ClN4O4/c1-41-23-39-22-33(41)37(45,27-14-12-24(13-15-27)21-40-35(36(44)46-3)25-8-5-4-6-9-25)28-16-17-32-31(19-28)30(20-34(43)42(32)2)26-10-7-11-29(38)18-26/h4-20,22-23,35,40,45H,21H2,1-3H3. The number of carbonyl (C=O) groups excluding carboxylic acids is 1. The van der Waals surface area contributed by atoms with Crippen LogP contribution in [0.2, 0.25) is 5.02 Å². The van der Waals surface area contributed by atoms with Crippen molar-refractivity contribution in [1.29, 1.82) is 0 Å². The zero-order chi connectivity index (χ0) is 32.4. The number of hydrogen-bond acceptors (Lipinski definition) is 6. The molecule has 2 N–H and O–H groups in total. The molecule has 6 aromatic rings. The summed E-state index contributed by atoms with van der Waals surface area (Å²) in [6.07, 6.45) is 3.30. The third kappa shape index (κ3) is 5.74. The molecule has 6 rings (SSSR count). The van der Waals surface area contributed by atoms with Gasteiger partial charge < -0.3 is 19.0 Å². The maximum Gasteiger partial charge on any atom is 0.327 e. The number of imidazole rings is 1. The average molecular weight is 633 g/mol. The molecule has 2 heterocycles. The Balaban J connectivity index is 1.42. The third-order valence-electron chi connectivity index (χ3n) is 8.44.